The molecule has 2 heterocycles. The van der Waals surface area contributed by atoms with E-state index in [-0.39, 0.29) is 18.3 Å². The lowest BCUT2D eigenvalue weighted by molar-refractivity contribution is -0.113. The van der Waals surface area contributed by atoms with Crippen molar-refractivity contribution in [3.05, 3.63) is 51.7 Å². The molecule has 4 rings (SSSR count). The average Bonchev–Trinajstić information content (AvgIpc) is 3.35. The maximum atomic E-state index is 12.7. The van der Waals surface area contributed by atoms with Crippen molar-refractivity contribution in [2.45, 2.75) is 57.7 Å². The molecular formula is C25H31N5O3S2. The number of nitrogens with two attached hydrogens (primary N) is 1. The van der Waals surface area contributed by atoms with Crippen LogP contribution in [-0.4, -0.2) is 32.3 Å². The Morgan fingerprint density at radius 2 is 2.03 bits per heavy atom. The summed E-state index contributed by atoms with van der Waals surface area (Å²) in [6.07, 6.45) is 2.76. The zero-order valence-corrected chi connectivity index (χ0v) is 22.1. The molecule has 0 spiro atoms. The number of thiophene rings is 1. The molecule has 0 saturated heterocycles. The minimum atomic E-state index is -0.489. The van der Waals surface area contributed by atoms with Crippen molar-refractivity contribution in [2.24, 2.45) is 18.7 Å². The molecule has 1 aromatic carbocycles. The molecule has 3 aromatic rings. The summed E-state index contributed by atoms with van der Waals surface area (Å²) in [6, 6.07) is 8.03. The summed E-state index contributed by atoms with van der Waals surface area (Å²) in [5.41, 5.74) is 8.38. The number of fused-ring (bicyclic) bond motifs is 1. The second-order valence-electron chi connectivity index (χ2n) is 9.23. The van der Waals surface area contributed by atoms with Gasteiger partial charge in [0.15, 0.2) is 11.0 Å². The van der Waals surface area contributed by atoms with E-state index in [4.69, 9.17) is 10.5 Å². The van der Waals surface area contributed by atoms with Crippen LogP contribution in [0.15, 0.2) is 29.4 Å². The van der Waals surface area contributed by atoms with Crippen LogP contribution in [0.4, 0.5) is 5.00 Å². The van der Waals surface area contributed by atoms with Crippen molar-refractivity contribution < 1.29 is 14.3 Å². The van der Waals surface area contributed by atoms with E-state index in [2.05, 4.69) is 48.4 Å². The van der Waals surface area contributed by atoms with E-state index in [1.165, 1.54) is 28.7 Å². The molecule has 35 heavy (non-hydrogen) atoms. The van der Waals surface area contributed by atoms with Crippen molar-refractivity contribution in [1.82, 2.24) is 14.8 Å². The van der Waals surface area contributed by atoms with Crippen LogP contribution in [0, 0.1) is 5.92 Å². The third-order valence-electron chi connectivity index (χ3n) is 6.18. The lowest BCUT2D eigenvalue weighted by Gasteiger charge is -2.18. The summed E-state index contributed by atoms with van der Waals surface area (Å²) in [4.78, 5) is 25.9. The van der Waals surface area contributed by atoms with E-state index in [1.807, 2.05) is 23.7 Å². The van der Waals surface area contributed by atoms with Gasteiger partial charge >= 0.3 is 0 Å². The topological polar surface area (TPSA) is 112 Å². The third-order valence-corrected chi connectivity index (χ3v) is 8.37. The highest BCUT2D eigenvalue weighted by Gasteiger charge is 2.27. The van der Waals surface area contributed by atoms with E-state index in [1.54, 1.807) is 0 Å². The van der Waals surface area contributed by atoms with Gasteiger partial charge in [-0.3, -0.25) is 9.59 Å². The first-order chi connectivity index (χ1) is 16.7. The monoisotopic (exact) mass is 513 g/mol. The van der Waals surface area contributed by atoms with Crippen LogP contribution in [0.25, 0.3) is 0 Å². The second-order valence-corrected chi connectivity index (χ2v) is 11.3. The smallest absolute Gasteiger partial charge is 0.251 e. The Morgan fingerprint density at radius 1 is 1.29 bits per heavy atom. The van der Waals surface area contributed by atoms with Crippen molar-refractivity contribution in [3.63, 3.8) is 0 Å². The highest BCUT2D eigenvalue weighted by molar-refractivity contribution is 7.99. The standard InChI is InChI=1S/C25H31N5O3S2/c1-14(2)16-6-8-17(9-7-16)33-12-20-28-29-25(30(20)4)34-13-21(31)27-24-22(23(26)32)18-10-5-15(3)11-19(18)35-24/h6-9,14-15H,5,10-13H2,1-4H3,(H2,26,32)(H,27,31). The lowest BCUT2D eigenvalue weighted by Crippen LogP contribution is -2.20. The number of primary amides is 1. The molecule has 2 amide bonds. The highest BCUT2D eigenvalue weighted by atomic mass is 32.2. The molecule has 2 aromatic heterocycles. The Hall–Kier alpha value is -2.85. The molecule has 3 N–H and O–H groups in total. The fourth-order valence-corrected chi connectivity index (χ4v) is 6.25. The van der Waals surface area contributed by atoms with E-state index in [9.17, 15) is 9.59 Å². The predicted octanol–water partition coefficient (Wildman–Crippen LogP) is 4.53. The van der Waals surface area contributed by atoms with Gasteiger partial charge in [0, 0.05) is 11.9 Å². The van der Waals surface area contributed by atoms with Crippen LogP contribution in [0.1, 0.15) is 65.3 Å². The summed E-state index contributed by atoms with van der Waals surface area (Å²) in [5.74, 6) is 1.90. The van der Waals surface area contributed by atoms with Gasteiger partial charge in [0.2, 0.25) is 5.91 Å². The summed E-state index contributed by atoms with van der Waals surface area (Å²) in [6.45, 7) is 6.78. The van der Waals surface area contributed by atoms with Crippen LogP contribution in [0.3, 0.4) is 0 Å². The van der Waals surface area contributed by atoms with Gasteiger partial charge in [0.05, 0.1) is 11.3 Å². The average molecular weight is 514 g/mol. The molecule has 1 aliphatic rings. The molecule has 1 atom stereocenters. The van der Waals surface area contributed by atoms with Gasteiger partial charge in [-0.05, 0) is 54.4 Å². The first-order valence-corrected chi connectivity index (χ1v) is 13.5. The van der Waals surface area contributed by atoms with Gasteiger partial charge in [-0.15, -0.1) is 21.5 Å². The molecule has 0 radical (unpaired) electrons. The zero-order valence-electron chi connectivity index (χ0n) is 20.5. The Kier molecular flexibility index (Phi) is 7.81. The SMILES string of the molecule is CC1CCc2c(sc(NC(=O)CSc3nnc(COc4ccc(C(C)C)cc4)n3C)c2C(N)=O)C1. The molecular weight excluding hydrogens is 482 g/mol. The van der Waals surface area contributed by atoms with E-state index < -0.39 is 5.91 Å². The first-order valence-electron chi connectivity index (χ1n) is 11.7. The van der Waals surface area contributed by atoms with Crippen LogP contribution in [0.5, 0.6) is 5.75 Å². The van der Waals surface area contributed by atoms with Gasteiger partial charge < -0.3 is 20.4 Å². The van der Waals surface area contributed by atoms with Crippen molar-refractivity contribution >= 4 is 39.9 Å². The normalized spacial score (nSPS) is 15.2. The predicted molar refractivity (Wildman–Crippen MR) is 139 cm³/mol. The van der Waals surface area contributed by atoms with Crippen molar-refractivity contribution in [2.75, 3.05) is 11.1 Å². The number of amides is 2. The fourth-order valence-electron chi connectivity index (χ4n) is 4.09. The Bertz CT molecular complexity index is 1220. The van der Waals surface area contributed by atoms with Crippen LogP contribution in [0.2, 0.25) is 0 Å². The number of thioether (sulfide) groups is 1. The number of anilines is 1. The number of ether oxygens (including phenoxy) is 1. The second kappa shape index (κ2) is 10.8. The fraction of sp³-hybridized carbons (Fsp3) is 0.440. The number of rotatable bonds is 9. The van der Waals surface area contributed by atoms with Gasteiger partial charge in [-0.25, -0.2) is 0 Å². The number of hydrogen-bond donors (Lipinski definition) is 2. The summed E-state index contributed by atoms with van der Waals surface area (Å²) < 4.78 is 7.67. The molecule has 0 bridgehead atoms. The molecule has 1 unspecified atom stereocenters. The van der Waals surface area contributed by atoms with Gasteiger partial charge in [0.25, 0.3) is 5.91 Å². The number of benzene rings is 1. The molecule has 1 aliphatic carbocycles. The lowest BCUT2D eigenvalue weighted by atomic mass is 9.88. The van der Waals surface area contributed by atoms with E-state index in [0.29, 0.717) is 33.4 Å². The van der Waals surface area contributed by atoms with Crippen LogP contribution >= 0.6 is 23.1 Å². The Balaban J connectivity index is 1.34. The highest BCUT2D eigenvalue weighted by Crippen LogP contribution is 2.39. The number of nitrogens with zero attached hydrogens (tertiary/aromatic N) is 3. The van der Waals surface area contributed by atoms with Crippen LogP contribution < -0.4 is 15.8 Å². The largest absolute Gasteiger partial charge is 0.486 e. The minimum absolute atomic E-state index is 0.140. The molecule has 8 nitrogen and oxygen atoms in total. The van der Waals surface area contributed by atoms with Crippen molar-refractivity contribution in [3.8, 4) is 5.75 Å². The Morgan fingerprint density at radius 3 is 2.71 bits per heavy atom. The van der Waals surface area contributed by atoms with Crippen LogP contribution in [-0.2, 0) is 31.3 Å². The zero-order chi connectivity index (χ0) is 25.1. The number of aromatic nitrogens is 3. The summed E-state index contributed by atoms with van der Waals surface area (Å²) >= 11 is 2.75. The first kappa shape index (κ1) is 25.2. The summed E-state index contributed by atoms with van der Waals surface area (Å²) in [7, 11) is 1.85. The molecule has 0 aliphatic heterocycles. The maximum absolute atomic E-state index is 12.7. The maximum Gasteiger partial charge on any atom is 0.251 e. The molecule has 186 valence electrons. The Labute approximate surface area is 213 Å². The third kappa shape index (κ3) is 5.87. The quantitative estimate of drug-likeness (QED) is 0.407. The molecule has 0 saturated carbocycles. The summed E-state index contributed by atoms with van der Waals surface area (Å²) in [5, 5.41) is 12.5. The van der Waals surface area contributed by atoms with Gasteiger partial charge in [0.1, 0.15) is 17.4 Å². The van der Waals surface area contributed by atoms with E-state index >= 15 is 0 Å². The van der Waals surface area contributed by atoms with E-state index in [0.717, 1.165) is 35.5 Å². The van der Waals surface area contributed by atoms with Gasteiger partial charge in [-0.1, -0.05) is 44.7 Å². The number of carbonyl (C=O) groups excluding carboxylic acids is 2. The molecule has 10 heteroatoms. The number of carbonyl (C=O) groups is 2. The number of hydrogen-bond acceptors (Lipinski definition) is 7. The number of nitrogens with one attached hydrogen (secondary N) is 1. The molecule has 0 fully saturated rings. The van der Waals surface area contributed by atoms with Gasteiger partial charge in [-0.2, -0.15) is 0 Å². The van der Waals surface area contributed by atoms with Crippen molar-refractivity contribution in [1.29, 1.82) is 0 Å². The minimum Gasteiger partial charge on any atom is -0.486 e.